The second-order valence-corrected chi connectivity index (χ2v) is 5.89. The molecule has 0 aliphatic rings. The molecule has 2 rings (SSSR count). The summed E-state index contributed by atoms with van der Waals surface area (Å²) in [5.41, 5.74) is 0. The maximum atomic E-state index is 12.1. The molecule has 0 fully saturated rings. The fraction of sp³-hybridized carbons (Fsp3) is 0.400. The Hall–Kier alpha value is -1.59. The van der Waals surface area contributed by atoms with Gasteiger partial charge in [0.1, 0.15) is 11.9 Å². The summed E-state index contributed by atoms with van der Waals surface area (Å²) in [4.78, 5) is 13.2. The maximum Gasteiger partial charge on any atom is 0.228 e. The van der Waals surface area contributed by atoms with Crippen LogP contribution in [-0.2, 0) is 4.79 Å². The van der Waals surface area contributed by atoms with Gasteiger partial charge in [-0.05, 0) is 37.4 Å². The van der Waals surface area contributed by atoms with Crippen LogP contribution in [0.25, 0.3) is 0 Å². The molecular formula is C15H19NO3S. The highest BCUT2D eigenvalue weighted by Crippen LogP contribution is 2.22. The third kappa shape index (κ3) is 3.71. The van der Waals surface area contributed by atoms with Gasteiger partial charge in [0.15, 0.2) is 0 Å². The third-order valence-electron chi connectivity index (χ3n) is 3.20. The number of hydrogen-bond acceptors (Lipinski definition) is 4. The normalized spacial score (nSPS) is 15.6. The zero-order valence-corrected chi connectivity index (χ0v) is 12.4. The summed E-state index contributed by atoms with van der Waals surface area (Å²) in [6.45, 7) is 3.77. The van der Waals surface area contributed by atoms with Gasteiger partial charge in [-0.25, -0.2) is 0 Å². The van der Waals surface area contributed by atoms with E-state index >= 15 is 0 Å². The highest BCUT2D eigenvalue weighted by Gasteiger charge is 2.20. The van der Waals surface area contributed by atoms with Crippen molar-refractivity contribution in [3.63, 3.8) is 0 Å². The molecule has 0 spiro atoms. The second-order valence-electron chi connectivity index (χ2n) is 4.91. The van der Waals surface area contributed by atoms with E-state index in [0.29, 0.717) is 12.2 Å². The van der Waals surface area contributed by atoms with Gasteiger partial charge in [-0.15, -0.1) is 11.3 Å². The number of carbonyl (C=O) groups is 1. The Morgan fingerprint density at radius 1 is 1.40 bits per heavy atom. The number of aliphatic hydroxyl groups excluding tert-OH is 1. The number of aliphatic hydroxyl groups is 1. The number of hydrogen-bond donors (Lipinski definition) is 2. The first-order valence-electron chi connectivity index (χ1n) is 6.63. The highest BCUT2D eigenvalue weighted by molar-refractivity contribution is 7.10. The Labute approximate surface area is 122 Å². The van der Waals surface area contributed by atoms with Crippen LogP contribution in [-0.4, -0.2) is 17.1 Å². The van der Waals surface area contributed by atoms with Crippen LogP contribution in [0.5, 0.6) is 0 Å². The van der Waals surface area contributed by atoms with Crippen LogP contribution in [0.1, 0.15) is 42.9 Å². The van der Waals surface area contributed by atoms with Crippen LogP contribution in [0, 0.1) is 0 Å². The zero-order chi connectivity index (χ0) is 14.5. The minimum Gasteiger partial charge on any atom is -0.467 e. The monoisotopic (exact) mass is 293 g/mol. The molecular weight excluding hydrogens is 274 g/mol. The molecule has 20 heavy (non-hydrogen) atoms. The van der Waals surface area contributed by atoms with Crippen LogP contribution in [0.15, 0.2) is 40.3 Å². The molecule has 3 unspecified atom stereocenters. The molecule has 0 aromatic carbocycles. The van der Waals surface area contributed by atoms with Crippen molar-refractivity contribution in [3.8, 4) is 0 Å². The van der Waals surface area contributed by atoms with E-state index in [4.69, 9.17) is 4.42 Å². The highest BCUT2D eigenvalue weighted by atomic mass is 32.1. The summed E-state index contributed by atoms with van der Waals surface area (Å²) in [7, 11) is 0. The first kappa shape index (κ1) is 14.8. The van der Waals surface area contributed by atoms with Gasteiger partial charge in [-0.1, -0.05) is 6.07 Å². The van der Waals surface area contributed by atoms with E-state index in [1.165, 1.54) is 6.26 Å². The molecule has 1 amide bonds. The molecule has 5 heteroatoms. The van der Waals surface area contributed by atoms with Crippen LogP contribution < -0.4 is 5.32 Å². The third-order valence-corrected chi connectivity index (χ3v) is 4.26. The predicted molar refractivity (Wildman–Crippen MR) is 78.6 cm³/mol. The van der Waals surface area contributed by atoms with E-state index < -0.39 is 6.10 Å². The quantitative estimate of drug-likeness (QED) is 0.860. The maximum absolute atomic E-state index is 12.1. The van der Waals surface area contributed by atoms with Crippen molar-refractivity contribution in [2.45, 2.75) is 38.3 Å². The fourth-order valence-corrected chi connectivity index (χ4v) is 2.81. The van der Waals surface area contributed by atoms with Gasteiger partial charge in [0.25, 0.3) is 0 Å². The molecule has 0 aliphatic carbocycles. The van der Waals surface area contributed by atoms with Crippen molar-refractivity contribution in [1.29, 1.82) is 0 Å². The summed E-state index contributed by atoms with van der Waals surface area (Å²) in [6.07, 6.45) is 1.26. The molecule has 0 bridgehead atoms. The summed E-state index contributed by atoms with van der Waals surface area (Å²) in [5, 5.41) is 14.9. The standard InChI is InChI=1S/C15H19NO3S/c1-10(9-12(17)13-5-3-7-19-13)16-15(18)11(2)14-6-4-8-20-14/h3-8,10-12,17H,9H2,1-2H3,(H,16,18). The largest absolute Gasteiger partial charge is 0.467 e. The smallest absolute Gasteiger partial charge is 0.228 e. The molecule has 2 N–H and O–H groups in total. The predicted octanol–water partition coefficient (Wildman–Crippen LogP) is 3.07. The molecule has 2 aromatic rings. The molecule has 0 saturated heterocycles. The minimum absolute atomic E-state index is 0.0217. The van der Waals surface area contributed by atoms with Gasteiger partial charge in [0, 0.05) is 17.3 Å². The van der Waals surface area contributed by atoms with E-state index in [-0.39, 0.29) is 17.9 Å². The van der Waals surface area contributed by atoms with Crippen LogP contribution in [0.4, 0.5) is 0 Å². The number of thiophene rings is 1. The van der Waals surface area contributed by atoms with Gasteiger partial charge in [-0.2, -0.15) is 0 Å². The molecule has 3 atom stereocenters. The number of carbonyl (C=O) groups excluding carboxylic acids is 1. The van der Waals surface area contributed by atoms with Crippen LogP contribution in [0.2, 0.25) is 0 Å². The lowest BCUT2D eigenvalue weighted by molar-refractivity contribution is -0.122. The van der Waals surface area contributed by atoms with Crippen LogP contribution in [0.3, 0.4) is 0 Å². The first-order chi connectivity index (χ1) is 9.58. The molecule has 0 radical (unpaired) electrons. The number of amides is 1. The summed E-state index contributed by atoms with van der Waals surface area (Å²) in [6, 6.07) is 7.24. The lowest BCUT2D eigenvalue weighted by Gasteiger charge is -2.19. The number of rotatable bonds is 6. The minimum atomic E-state index is -0.697. The van der Waals surface area contributed by atoms with E-state index in [0.717, 1.165) is 4.88 Å². The average Bonchev–Trinajstić information content (AvgIpc) is 3.10. The van der Waals surface area contributed by atoms with Gasteiger partial charge in [0.05, 0.1) is 12.2 Å². The van der Waals surface area contributed by atoms with Gasteiger partial charge >= 0.3 is 0 Å². The van der Waals surface area contributed by atoms with Gasteiger partial charge in [-0.3, -0.25) is 4.79 Å². The molecule has 4 nitrogen and oxygen atoms in total. The topological polar surface area (TPSA) is 62.5 Å². The summed E-state index contributed by atoms with van der Waals surface area (Å²) >= 11 is 1.57. The molecule has 0 saturated carbocycles. The van der Waals surface area contributed by atoms with Crippen molar-refractivity contribution in [3.05, 3.63) is 46.5 Å². The second kappa shape index (κ2) is 6.72. The van der Waals surface area contributed by atoms with E-state index in [1.807, 2.05) is 31.4 Å². The van der Waals surface area contributed by atoms with Crippen molar-refractivity contribution >= 4 is 17.2 Å². The van der Waals surface area contributed by atoms with E-state index in [1.54, 1.807) is 23.5 Å². The van der Waals surface area contributed by atoms with Crippen molar-refractivity contribution in [2.24, 2.45) is 0 Å². The zero-order valence-electron chi connectivity index (χ0n) is 11.6. The molecule has 2 aromatic heterocycles. The molecule has 0 aliphatic heterocycles. The lowest BCUT2D eigenvalue weighted by atomic mass is 10.1. The van der Waals surface area contributed by atoms with Crippen molar-refractivity contribution in [2.75, 3.05) is 0 Å². The Balaban J connectivity index is 1.85. The average molecular weight is 293 g/mol. The SMILES string of the molecule is CC(CC(O)c1ccco1)NC(=O)C(C)c1cccs1. The number of nitrogens with one attached hydrogen (secondary N) is 1. The lowest BCUT2D eigenvalue weighted by Crippen LogP contribution is -2.36. The Kier molecular flexibility index (Phi) is 4.98. The molecule has 108 valence electrons. The van der Waals surface area contributed by atoms with Crippen molar-refractivity contribution < 1.29 is 14.3 Å². The summed E-state index contributed by atoms with van der Waals surface area (Å²) in [5.74, 6) is 0.335. The molecule has 2 heterocycles. The fourth-order valence-electron chi connectivity index (χ4n) is 2.03. The Bertz CT molecular complexity index is 521. The van der Waals surface area contributed by atoms with Gasteiger partial charge in [0.2, 0.25) is 5.91 Å². The van der Waals surface area contributed by atoms with Crippen LogP contribution >= 0.6 is 11.3 Å². The van der Waals surface area contributed by atoms with Crippen molar-refractivity contribution in [1.82, 2.24) is 5.32 Å². The Morgan fingerprint density at radius 3 is 2.80 bits per heavy atom. The number of furan rings is 1. The Morgan fingerprint density at radius 2 is 2.20 bits per heavy atom. The van der Waals surface area contributed by atoms with E-state index in [9.17, 15) is 9.90 Å². The first-order valence-corrected chi connectivity index (χ1v) is 7.51. The summed E-state index contributed by atoms with van der Waals surface area (Å²) < 4.78 is 5.15. The van der Waals surface area contributed by atoms with Gasteiger partial charge < -0.3 is 14.8 Å². The van der Waals surface area contributed by atoms with E-state index in [2.05, 4.69) is 5.32 Å².